The van der Waals surface area contributed by atoms with E-state index in [-0.39, 0.29) is 10.7 Å². The lowest BCUT2D eigenvalue weighted by Gasteiger charge is -2.08. The Labute approximate surface area is 149 Å². The van der Waals surface area contributed by atoms with Crippen molar-refractivity contribution < 1.29 is 19.2 Å². The summed E-state index contributed by atoms with van der Waals surface area (Å²) in [6.45, 7) is 0. The molecule has 2 aromatic carbocycles. The van der Waals surface area contributed by atoms with E-state index in [1.54, 1.807) is 24.3 Å². The lowest BCUT2D eigenvalue weighted by atomic mass is 10.2. The zero-order valence-electron chi connectivity index (χ0n) is 13.5. The van der Waals surface area contributed by atoms with Crippen LogP contribution >= 0.6 is 11.6 Å². The molecule has 0 aromatic heterocycles. The quantitative estimate of drug-likeness (QED) is 0.478. The van der Waals surface area contributed by atoms with Crippen LogP contribution in [0.1, 0.15) is 5.56 Å². The van der Waals surface area contributed by atoms with E-state index in [1.165, 1.54) is 38.5 Å². The number of hydrogen-bond donors (Lipinski definition) is 1. The predicted octanol–water partition coefficient (Wildman–Crippen LogP) is 3.92. The SMILES string of the molecule is COc1cc(NC(=O)/C=C/c2ccc(Cl)c([N+](=O)[O-])c2)cc(OC)c1. The van der Waals surface area contributed by atoms with E-state index in [4.69, 9.17) is 21.1 Å². The highest BCUT2D eigenvalue weighted by molar-refractivity contribution is 6.32. The average molecular weight is 363 g/mol. The summed E-state index contributed by atoms with van der Waals surface area (Å²) in [5, 5.41) is 13.6. The molecule has 0 aliphatic heterocycles. The van der Waals surface area contributed by atoms with E-state index >= 15 is 0 Å². The van der Waals surface area contributed by atoms with Crippen LogP contribution in [-0.2, 0) is 4.79 Å². The highest BCUT2D eigenvalue weighted by atomic mass is 35.5. The number of nitro benzene ring substituents is 1. The smallest absolute Gasteiger partial charge is 0.288 e. The molecule has 0 bridgehead atoms. The second-order valence-corrected chi connectivity index (χ2v) is 5.30. The van der Waals surface area contributed by atoms with Crippen molar-refractivity contribution >= 4 is 35.0 Å². The normalized spacial score (nSPS) is 10.5. The first-order chi connectivity index (χ1) is 11.9. The van der Waals surface area contributed by atoms with Crippen LogP contribution in [0.3, 0.4) is 0 Å². The predicted molar refractivity (Wildman–Crippen MR) is 95.3 cm³/mol. The lowest BCUT2D eigenvalue weighted by molar-refractivity contribution is -0.384. The molecule has 0 radical (unpaired) electrons. The van der Waals surface area contributed by atoms with Crippen LogP contribution in [0.5, 0.6) is 11.5 Å². The summed E-state index contributed by atoms with van der Waals surface area (Å²) < 4.78 is 10.3. The molecule has 25 heavy (non-hydrogen) atoms. The summed E-state index contributed by atoms with van der Waals surface area (Å²) in [7, 11) is 3.02. The number of carbonyl (C=O) groups excluding carboxylic acids is 1. The first-order valence-corrected chi connectivity index (χ1v) is 7.47. The number of nitrogens with zero attached hydrogens (tertiary/aromatic N) is 1. The number of hydrogen-bond acceptors (Lipinski definition) is 5. The summed E-state index contributed by atoms with van der Waals surface area (Å²) in [6, 6.07) is 9.24. The molecule has 0 atom stereocenters. The minimum absolute atomic E-state index is 0.0371. The third-order valence-corrected chi connectivity index (χ3v) is 3.53. The van der Waals surface area contributed by atoms with Gasteiger partial charge >= 0.3 is 0 Å². The number of halogens is 1. The molecule has 1 N–H and O–H groups in total. The second-order valence-electron chi connectivity index (χ2n) is 4.89. The van der Waals surface area contributed by atoms with Gasteiger partial charge in [0.25, 0.3) is 5.69 Å². The summed E-state index contributed by atoms with van der Waals surface area (Å²) in [6.07, 6.45) is 2.72. The summed E-state index contributed by atoms with van der Waals surface area (Å²) >= 11 is 5.75. The van der Waals surface area contributed by atoms with Crippen molar-refractivity contribution in [1.82, 2.24) is 0 Å². The summed E-state index contributed by atoms with van der Waals surface area (Å²) in [5.74, 6) is 0.659. The standard InChI is InChI=1S/C17H15ClN2O5/c1-24-13-8-12(9-14(10-13)25-2)19-17(21)6-4-11-3-5-15(18)16(7-11)20(22)23/h3-10H,1-2H3,(H,19,21)/b6-4+. The number of nitrogens with one attached hydrogen (secondary N) is 1. The first-order valence-electron chi connectivity index (χ1n) is 7.09. The van der Waals surface area contributed by atoms with Gasteiger partial charge in [-0.15, -0.1) is 0 Å². The Morgan fingerprint density at radius 3 is 2.36 bits per heavy atom. The number of methoxy groups -OCH3 is 2. The van der Waals surface area contributed by atoms with E-state index in [0.29, 0.717) is 22.7 Å². The zero-order chi connectivity index (χ0) is 18.4. The van der Waals surface area contributed by atoms with Crippen molar-refractivity contribution in [2.24, 2.45) is 0 Å². The van der Waals surface area contributed by atoms with Gasteiger partial charge in [-0.3, -0.25) is 14.9 Å². The third kappa shape index (κ3) is 4.95. The van der Waals surface area contributed by atoms with Crippen LogP contribution in [0.2, 0.25) is 5.02 Å². The average Bonchev–Trinajstić information content (AvgIpc) is 2.60. The van der Waals surface area contributed by atoms with Crippen LogP contribution in [0.25, 0.3) is 6.08 Å². The van der Waals surface area contributed by atoms with Gasteiger partial charge in [-0.25, -0.2) is 0 Å². The molecular weight excluding hydrogens is 348 g/mol. The van der Waals surface area contributed by atoms with Crippen LogP contribution in [0.15, 0.2) is 42.5 Å². The van der Waals surface area contributed by atoms with Crippen molar-refractivity contribution in [2.75, 3.05) is 19.5 Å². The number of carbonyl (C=O) groups is 1. The maximum atomic E-state index is 12.0. The molecule has 0 saturated carbocycles. The Morgan fingerprint density at radius 2 is 1.80 bits per heavy atom. The van der Waals surface area contributed by atoms with Gasteiger partial charge in [-0.05, 0) is 17.7 Å². The second kappa shape index (κ2) is 8.16. The van der Waals surface area contributed by atoms with Gasteiger partial charge in [0, 0.05) is 36.0 Å². The van der Waals surface area contributed by atoms with Crippen molar-refractivity contribution in [2.45, 2.75) is 0 Å². The van der Waals surface area contributed by atoms with E-state index < -0.39 is 10.8 Å². The van der Waals surface area contributed by atoms with E-state index in [2.05, 4.69) is 5.32 Å². The fraction of sp³-hybridized carbons (Fsp3) is 0.118. The fourth-order valence-electron chi connectivity index (χ4n) is 2.01. The van der Waals surface area contributed by atoms with Crippen molar-refractivity contribution in [3.8, 4) is 11.5 Å². The maximum Gasteiger partial charge on any atom is 0.288 e. The van der Waals surface area contributed by atoms with Crippen LogP contribution in [0.4, 0.5) is 11.4 Å². The maximum absolute atomic E-state index is 12.0. The molecule has 0 heterocycles. The third-order valence-electron chi connectivity index (χ3n) is 3.21. The van der Waals surface area contributed by atoms with Gasteiger partial charge in [0.05, 0.1) is 19.1 Å². The van der Waals surface area contributed by atoms with Gasteiger partial charge in [-0.1, -0.05) is 17.7 Å². The topological polar surface area (TPSA) is 90.7 Å². The molecule has 2 rings (SSSR count). The highest BCUT2D eigenvalue weighted by Crippen LogP contribution is 2.27. The Hall–Kier alpha value is -3.06. The van der Waals surface area contributed by atoms with Crippen molar-refractivity contribution in [3.63, 3.8) is 0 Å². The van der Waals surface area contributed by atoms with Gasteiger partial charge in [0.15, 0.2) is 0 Å². The van der Waals surface area contributed by atoms with Gasteiger partial charge in [0.2, 0.25) is 5.91 Å². The number of nitro groups is 1. The van der Waals surface area contributed by atoms with E-state index in [1.807, 2.05) is 0 Å². The van der Waals surface area contributed by atoms with E-state index in [0.717, 1.165) is 0 Å². The molecule has 0 fully saturated rings. The Bertz CT molecular complexity index is 814. The molecule has 7 nitrogen and oxygen atoms in total. The molecule has 0 aliphatic carbocycles. The molecule has 130 valence electrons. The van der Waals surface area contributed by atoms with E-state index in [9.17, 15) is 14.9 Å². The monoisotopic (exact) mass is 362 g/mol. The first kappa shape index (κ1) is 18.3. The molecule has 8 heteroatoms. The number of benzene rings is 2. The number of ether oxygens (including phenoxy) is 2. The molecule has 0 unspecified atom stereocenters. The van der Waals surface area contributed by atoms with Crippen molar-refractivity contribution in [3.05, 3.63) is 63.2 Å². The van der Waals surface area contributed by atoms with Gasteiger partial charge < -0.3 is 14.8 Å². The molecule has 0 spiro atoms. The summed E-state index contributed by atoms with van der Waals surface area (Å²) in [5.41, 5.74) is 0.754. The minimum Gasteiger partial charge on any atom is -0.497 e. The zero-order valence-corrected chi connectivity index (χ0v) is 14.2. The van der Waals surface area contributed by atoms with Gasteiger partial charge in [0.1, 0.15) is 16.5 Å². The number of rotatable bonds is 6. The van der Waals surface area contributed by atoms with Crippen molar-refractivity contribution in [1.29, 1.82) is 0 Å². The Balaban J connectivity index is 2.13. The molecule has 1 amide bonds. The number of anilines is 1. The molecule has 2 aromatic rings. The lowest BCUT2D eigenvalue weighted by Crippen LogP contribution is -2.08. The summed E-state index contributed by atoms with van der Waals surface area (Å²) in [4.78, 5) is 22.3. The fourth-order valence-corrected chi connectivity index (χ4v) is 2.20. The molecule has 0 saturated heterocycles. The molecule has 0 aliphatic rings. The van der Waals surface area contributed by atoms with Crippen LogP contribution in [-0.4, -0.2) is 25.1 Å². The number of amides is 1. The Morgan fingerprint density at radius 1 is 1.16 bits per heavy atom. The Kier molecular flexibility index (Phi) is 5.97. The van der Waals surface area contributed by atoms with Crippen LogP contribution in [0, 0.1) is 10.1 Å². The van der Waals surface area contributed by atoms with Crippen LogP contribution < -0.4 is 14.8 Å². The van der Waals surface area contributed by atoms with Gasteiger partial charge in [-0.2, -0.15) is 0 Å². The largest absolute Gasteiger partial charge is 0.497 e. The minimum atomic E-state index is -0.581. The molecular formula is C17H15ClN2O5. The highest BCUT2D eigenvalue weighted by Gasteiger charge is 2.11.